The Morgan fingerprint density at radius 1 is 0.700 bits per heavy atom. The Morgan fingerprint density at radius 3 is 1.84 bits per heavy atom. The van der Waals surface area contributed by atoms with Gasteiger partial charge in [-0.05, 0) is 145 Å². The second-order valence-corrected chi connectivity index (χ2v) is 20.1. The van der Waals surface area contributed by atoms with Gasteiger partial charge in [0.1, 0.15) is 29.1 Å². The van der Waals surface area contributed by atoms with E-state index in [9.17, 15) is 18.0 Å². The second-order valence-electron chi connectivity index (χ2n) is 17.0. The molecule has 7 aromatic carbocycles. The SMILES string of the molecule is C=C(N[C@@H]1c2ccccc2C[C@H]1Oc1ccc(C)cc1NC(=O)Nc1cc(C)cc(C(F)(F)F)c1)N[C@H](CN=P(c1ccc(OC)cc1)(c1ccc(OC)cc1)c1ccc(OC)cc1)c1ccccc1. The lowest BCUT2D eigenvalue weighted by Crippen LogP contribution is -2.38. The molecule has 0 bridgehead atoms. The third kappa shape index (κ3) is 11.1. The van der Waals surface area contributed by atoms with Crippen molar-refractivity contribution in [1.82, 2.24) is 10.6 Å². The quantitative estimate of drug-likeness (QED) is 0.0672. The standard InChI is InChI=1S/C56H55F3N5O5P/c1-36-16-29-52(50(32-36)64-55(65)63-42-31-37(2)30-41(34-42)56(57,58)59)69-53-33-40-14-10-11-15-49(40)54(53)62-38(3)61-51(39-12-8-7-9-13-39)35-60-70(46-23-17-43(66-4)18-24-46,47-25-19-44(67-5)20-26-47)48-27-21-45(68-6)22-28-48/h7-32,34,51,53-54,61-62H,3,33,35H2,1-2,4-6H3,(H2,63,64,65)/t51-,53-,54-/m1/s1. The molecule has 0 aromatic heterocycles. The highest BCUT2D eigenvalue weighted by Gasteiger charge is 2.36. The van der Waals surface area contributed by atoms with Gasteiger partial charge in [-0.15, -0.1) is 0 Å². The van der Waals surface area contributed by atoms with Crippen molar-refractivity contribution in [1.29, 1.82) is 0 Å². The number of anilines is 2. The van der Waals surface area contributed by atoms with E-state index < -0.39 is 30.9 Å². The second kappa shape index (κ2) is 21.3. The average molecular weight is 966 g/mol. The lowest BCUT2D eigenvalue weighted by atomic mass is 10.1. The van der Waals surface area contributed by atoms with Gasteiger partial charge in [0.2, 0.25) is 0 Å². The molecular weight excluding hydrogens is 911 g/mol. The third-order valence-corrected chi connectivity index (χ3v) is 15.9. The number of ether oxygens (including phenoxy) is 4. The number of alkyl halides is 3. The molecule has 0 fully saturated rings. The summed E-state index contributed by atoms with van der Waals surface area (Å²) in [6.07, 6.45) is -4.49. The third-order valence-electron chi connectivity index (χ3n) is 12.2. The molecular formula is C56H55F3N5O5P. The predicted molar refractivity (Wildman–Crippen MR) is 274 cm³/mol. The molecule has 1 aliphatic carbocycles. The monoisotopic (exact) mass is 965 g/mol. The van der Waals surface area contributed by atoms with Crippen LogP contribution in [0.1, 0.15) is 45.5 Å². The normalized spacial score (nSPS) is 14.6. The summed E-state index contributed by atoms with van der Waals surface area (Å²) in [7, 11) is 2.19. The summed E-state index contributed by atoms with van der Waals surface area (Å²) < 4.78 is 70.3. The van der Waals surface area contributed by atoms with Crippen LogP contribution >= 0.6 is 7.05 Å². The number of aryl methyl sites for hydroxylation is 2. The Morgan fingerprint density at radius 2 is 1.27 bits per heavy atom. The summed E-state index contributed by atoms with van der Waals surface area (Å²) in [5, 5.41) is 15.9. The molecule has 2 amide bonds. The van der Waals surface area contributed by atoms with Crippen LogP contribution in [-0.4, -0.2) is 40.0 Å². The van der Waals surface area contributed by atoms with Gasteiger partial charge in [-0.3, -0.25) is 4.74 Å². The Bertz CT molecular complexity index is 2880. The molecule has 0 radical (unpaired) electrons. The minimum Gasteiger partial charge on any atom is -0.497 e. The zero-order valence-electron chi connectivity index (χ0n) is 39.5. The van der Waals surface area contributed by atoms with E-state index >= 15 is 0 Å². The van der Waals surface area contributed by atoms with Crippen LogP contribution in [0, 0.1) is 13.8 Å². The molecule has 14 heteroatoms. The molecule has 70 heavy (non-hydrogen) atoms. The summed E-state index contributed by atoms with van der Waals surface area (Å²) in [5.41, 5.74) is 3.82. The maximum Gasteiger partial charge on any atom is 0.416 e. The number of amides is 2. The number of rotatable bonds is 17. The molecule has 0 saturated carbocycles. The van der Waals surface area contributed by atoms with Crippen molar-refractivity contribution < 1.29 is 36.9 Å². The smallest absolute Gasteiger partial charge is 0.416 e. The highest BCUT2D eigenvalue weighted by molar-refractivity contribution is 7.87. The topological polar surface area (TPSA) is 114 Å². The van der Waals surface area contributed by atoms with Crippen molar-refractivity contribution >= 4 is 40.4 Å². The first-order chi connectivity index (χ1) is 33.8. The largest absolute Gasteiger partial charge is 0.497 e. The molecule has 8 rings (SSSR count). The van der Waals surface area contributed by atoms with E-state index in [0.717, 1.165) is 67.5 Å². The molecule has 0 unspecified atom stereocenters. The Hall–Kier alpha value is -7.63. The van der Waals surface area contributed by atoms with Gasteiger partial charge in [0.05, 0.1) is 64.1 Å². The summed E-state index contributed by atoms with van der Waals surface area (Å²) >= 11 is 0. The van der Waals surface area contributed by atoms with Gasteiger partial charge in [-0.1, -0.05) is 67.2 Å². The van der Waals surface area contributed by atoms with E-state index in [1.54, 1.807) is 40.4 Å². The molecule has 0 saturated heterocycles. The minimum atomic E-state index is -4.57. The summed E-state index contributed by atoms with van der Waals surface area (Å²) in [5.74, 6) is 3.13. The predicted octanol–water partition coefficient (Wildman–Crippen LogP) is 11.6. The maximum absolute atomic E-state index is 13.6. The molecule has 4 N–H and O–H groups in total. The van der Waals surface area contributed by atoms with E-state index in [0.29, 0.717) is 35.8 Å². The molecule has 1 aliphatic rings. The summed E-state index contributed by atoms with van der Waals surface area (Å²) in [6, 6.07) is 50.0. The van der Waals surface area contributed by atoms with Crippen LogP contribution in [0.3, 0.4) is 0 Å². The van der Waals surface area contributed by atoms with Crippen LogP contribution in [0.25, 0.3) is 0 Å². The fraction of sp³-hybridized carbons (Fsp3) is 0.196. The van der Waals surface area contributed by atoms with Crippen molar-refractivity contribution in [2.24, 2.45) is 4.74 Å². The van der Waals surface area contributed by atoms with Crippen LogP contribution < -0.4 is 56.1 Å². The van der Waals surface area contributed by atoms with Gasteiger partial charge < -0.3 is 40.2 Å². The van der Waals surface area contributed by atoms with Crippen LogP contribution in [0.4, 0.5) is 29.3 Å². The summed E-state index contributed by atoms with van der Waals surface area (Å²) in [4.78, 5) is 13.4. The first-order valence-corrected chi connectivity index (χ1v) is 24.4. The van der Waals surface area contributed by atoms with Gasteiger partial charge in [-0.25, -0.2) is 4.79 Å². The fourth-order valence-electron chi connectivity index (χ4n) is 8.80. The molecule has 10 nitrogen and oxygen atoms in total. The van der Waals surface area contributed by atoms with Gasteiger partial charge in [0.25, 0.3) is 0 Å². The van der Waals surface area contributed by atoms with E-state index in [2.05, 4.69) is 88.5 Å². The number of benzene rings is 7. The van der Waals surface area contributed by atoms with Crippen molar-refractivity contribution in [2.75, 3.05) is 38.5 Å². The van der Waals surface area contributed by atoms with Gasteiger partial charge in [0, 0.05) is 28.0 Å². The van der Waals surface area contributed by atoms with Crippen molar-refractivity contribution in [3.63, 3.8) is 0 Å². The van der Waals surface area contributed by atoms with Crippen LogP contribution in [0.2, 0.25) is 0 Å². The number of halogens is 3. The Labute approximate surface area is 406 Å². The minimum absolute atomic E-state index is 0.0119. The number of hydrogen-bond donors (Lipinski definition) is 4. The fourth-order valence-corrected chi connectivity index (χ4v) is 12.3. The van der Waals surface area contributed by atoms with Gasteiger partial charge in [0.15, 0.2) is 0 Å². The lowest BCUT2D eigenvalue weighted by molar-refractivity contribution is -0.137. The van der Waals surface area contributed by atoms with Crippen molar-refractivity contribution in [3.8, 4) is 23.0 Å². The van der Waals surface area contributed by atoms with E-state index in [4.69, 9.17) is 23.7 Å². The molecule has 0 heterocycles. The molecule has 360 valence electrons. The summed E-state index contributed by atoms with van der Waals surface area (Å²) in [6.45, 7) is 8.28. The number of fused-ring (bicyclic) bond motifs is 1. The number of urea groups is 1. The van der Waals surface area contributed by atoms with Crippen LogP contribution in [-0.2, 0) is 12.6 Å². The van der Waals surface area contributed by atoms with Gasteiger partial charge in [-0.2, -0.15) is 13.2 Å². The van der Waals surface area contributed by atoms with Gasteiger partial charge >= 0.3 is 12.2 Å². The van der Waals surface area contributed by atoms with Crippen molar-refractivity contribution in [2.45, 2.75) is 44.6 Å². The zero-order valence-corrected chi connectivity index (χ0v) is 40.4. The number of carbonyl (C=O) groups is 1. The van der Waals surface area contributed by atoms with Crippen LogP contribution in [0.5, 0.6) is 23.0 Å². The first kappa shape index (κ1) is 48.8. The van der Waals surface area contributed by atoms with Crippen molar-refractivity contribution in [3.05, 3.63) is 210 Å². The first-order valence-electron chi connectivity index (χ1n) is 22.7. The highest BCUT2D eigenvalue weighted by Crippen LogP contribution is 2.48. The number of methoxy groups -OCH3 is 3. The number of nitrogens with one attached hydrogen (secondary N) is 4. The number of nitrogens with zero attached hydrogens (tertiary/aromatic N) is 1. The zero-order chi connectivity index (χ0) is 49.4. The lowest BCUT2D eigenvalue weighted by Gasteiger charge is -2.30. The van der Waals surface area contributed by atoms with Crippen LogP contribution in [0.15, 0.2) is 181 Å². The average Bonchev–Trinajstić information content (AvgIpc) is 3.70. The van der Waals surface area contributed by atoms with E-state index in [-0.39, 0.29) is 17.8 Å². The highest BCUT2D eigenvalue weighted by atomic mass is 31.2. The Balaban J connectivity index is 1.10. The van der Waals surface area contributed by atoms with E-state index in [1.165, 1.54) is 6.07 Å². The molecule has 0 aliphatic heterocycles. The maximum atomic E-state index is 13.6. The molecule has 3 atom stereocenters. The number of carbonyl (C=O) groups excluding carboxylic acids is 1. The molecule has 7 aromatic rings. The number of hydrogen-bond acceptors (Lipinski definition) is 8. The van der Waals surface area contributed by atoms with E-state index in [1.807, 2.05) is 79.7 Å². The Kier molecular flexibility index (Phi) is 14.9. The molecule has 0 spiro atoms.